The summed E-state index contributed by atoms with van der Waals surface area (Å²) in [5.41, 5.74) is 5.18. The van der Waals surface area contributed by atoms with Crippen molar-refractivity contribution < 1.29 is 4.74 Å². The van der Waals surface area contributed by atoms with E-state index in [2.05, 4.69) is 10.2 Å². The van der Waals surface area contributed by atoms with Crippen molar-refractivity contribution in [3.05, 3.63) is 41.1 Å². The Balaban J connectivity index is 1.93. The van der Waals surface area contributed by atoms with Crippen LogP contribution in [0.15, 0.2) is 35.5 Å². The van der Waals surface area contributed by atoms with Crippen LogP contribution in [-0.4, -0.2) is 32.7 Å². The normalized spacial score (nSPS) is 10.6. The second-order valence-electron chi connectivity index (χ2n) is 4.01. The first-order valence-corrected chi connectivity index (χ1v) is 6.17. The van der Waals surface area contributed by atoms with Crippen molar-refractivity contribution in [2.24, 2.45) is 5.73 Å². The van der Waals surface area contributed by atoms with Crippen LogP contribution in [0.1, 0.15) is 6.42 Å². The van der Waals surface area contributed by atoms with Gasteiger partial charge in [-0.3, -0.25) is 9.48 Å². The Morgan fingerprint density at radius 2 is 2.21 bits per heavy atom. The van der Waals surface area contributed by atoms with Crippen LogP contribution in [0.2, 0.25) is 0 Å². The van der Waals surface area contributed by atoms with Gasteiger partial charge in [0, 0.05) is 18.5 Å². The lowest BCUT2D eigenvalue weighted by Gasteiger charge is -2.07. The molecule has 0 amide bonds. The van der Waals surface area contributed by atoms with Gasteiger partial charge in [-0.05, 0) is 19.0 Å². The molecule has 2 aromatic rings. The molecule has 0 bridgehead atoms. The first-order chi connectivity index (χ1) is 9.29. The third kappa shape index (κ3) is 3.92. The predicted octanol–water partition coefficient (Wildman–Crippen LogP) is -0.132. The van der Waals surface area contributed by atoms with Gasteiger partial charge < -0.3 is 10.5 Å². The van der Waals surface area contributed by atoms with Crippen molar-refractivity contribution in [3.63, 3.8) is 0 Å². The first-order valence-electron chi connectivity index (χ1n) is 6.17. The minimum absolute atomic E-state index is 0.183. The Morgan fingerprint density at radius 3 is 2.89 bits per heavy atom. The molecule has 2 rings (SSSR count). The Kier molecular flexibility index (Phi) is 4.68. The third-order valence-corrected chi connectivity index (χ3v) is 2.56. The molecule has 0 unspecified atom stereocenters. The third-order valence-electron chi connectivity index (χ3n) is 2.56. The average Bonchev–Trinajstić information content (AvgIpc) is 2.91. The van der Waals surface area contributed by atoms with Crippen molar-refractivity contribution in [2.75, 3.05) is 13.2 Å². The van der Waals surface area contributed by atoms with Crippen LogP contribution in [0, 0.1) is 0 Å². The first kappa shape index (κ1) is 13.3. The topological polar surface area (TPSA) is 88.0 Å². The fourth-order valence-electron chi connectivity index (χ4n) is 1.57. The van der Waals surface area contributed by atoms with E-state index in [9.17, 15) is 4.79 Å². The van der Waals surface area contributed by atoms with Crippen molar-refractivity contribution in [1.29, 1.82) is 0 Å². The molecule has 0 saturated heterocycles. The van der Waals surface area contributed by atoms with Gasteiger partial charge in [0.1, 0.15) is 5.75 Å². The lowest BCUT2D eigenvalue weighted by molar-refractivity contribution is 0.308. The molecule has 0 atom stereocenters. The molecule has 0 aromatic carbocycles. The summed E-state index contributed by atoms with van der Waals surface area (Å²) >= 11 is 0. The smallest absolute Gasteiger partial charge is 0.270 e. The number of hydrogen-bond acceptors (Lipinski definition) is 5. The SMILES string of the molecule is NCCCOc1cnn(CCn2cccn2)c(=O)c1. The largest absolute Gasteiger partial charge is 0.492 e. The molecule has 2 N–H and O–H groups in total. The van der Waals surface area contributed by atoms with Crippen LogP contribution < -0.4 is 16.0 Å². The van der Waals surface area contributed by atoms with Crippen LogP contribution >= 0.6 is 0 Å². The number of aromatic nitrogens is 4. The number of ether oxygens (including phenoxy) is 1. The maximum atomic E-state index is 11.8. The van der Waals surface area contributed by atoms with E-state index in [0.29, 0.717) is 32.0 Å². The highest BCUT2D eigenvalue weighted by Crippen LogP contribution is 2.03. The molecular formula is C12H17N5O2. The van der Waals surface area contributed by atoms with Crippen molar-refractivity contribution in [1.82, 2.24) is 19.6 Å². The van der Waals surface area contributed by atoms with Crippen molar-refractivity contribution in [2.45, 2.75) is 19.5 Å². The molecule has 0 fully saturated rings. The average molecular weight is 263 g/mol. The second-order valence-corrected chi connectivity index (χ2v) is 4.01. The van der Waals surface area contributed by atoms with E-state index in [1.165, 1.54) is 10.7 Å². The van der Waals surface area contributed by atoms with Gasteiger partial charge in [-0.2, -0.15) is 10.2 Å². The number of nitrogens with zero attached hydrogens (tertiary/aromatic N) is 4. The molecule has 7 heteroatoms. The number of aryl methyl sites for hydroxylation is 2. The summed E-state index contributed by atoms with van der Waals surface area (Å²) in [6.45, 7) is 2.14. The molecule has 0 aliphatic carbocycles. The molecule has 102 valence electrons. The van der Waals surface area contributed by atoms with Gasteiger partial charge in [0.25, 0.3) is 5.56 Å². The highest BCUT2D eigenvalue weighted by Gasteiger charge is 2.01. The molecule has 0 spiro atoms. The van der Waals surface area contributed by atoms with E-state index in [4.69, 9.17) is 10.5 Å². The lowest BCUT2D eigenvalue weighted by atomic mass is 10.4. The summed E-state index contributed by atoms with van der Waals surface area (Å²) in [5.74, 6) is 0.480. The monoisotopic (exact) mass is 263 g/mol. The minimum Gasteiger partial charge on any atom is -0.492 e. The summed E-state index contributed by atoms with van der Waals surface area (Å²) in [4.78, 5) is 11.8. The number of rotatable bonds is 7. The maximum Gasteiger partial charge on any atom is 0.270 e. The molecule has 0 radical (unpaired) electrons. The van der Waals surface area contributed by atoms with E-state index in [0.717, 1.165) is 6.42 Å². The molecule has 2 aromatic heterocycles. The van der Waals surface area contributed by atoms with Gasteiger partial charge >= 0.3 is 0 Å². The Labute approximate surface area is 110 Å². The van der Waals surface area contributed by atoms with Gasteiger partial charge in [0.05, 0.1) is 25.9 Å². The van der Waals surface area contributed by atoms with E-state index < -0.39 is 0 Å². The van der Waals surface area contributed by atoms with Gasteiger partial charge in [0.2, 0.25) is 0 Å². The quantitative estimate of drug-likeness (QED) is 0.703. The lowest BCUT2D eigenvalue weighted by Crippen LogP contribution is -2.24. The van der Waals surface area contributed by atoms with Crippen LogP contribution in [0.5, 0.6) is 5.75 Å². The summed E-state index contributed by atoms with van der Waals surface area (Å²) < 4.78 is 8.50. The predicted molar refractivity (Wildman–Crippen MR) is 69.9 cm³/mol. The fourth-order valence-corrected chi connectivity index (χ4v) is 1.57. The summed E-state index contributed by atoms with van der Waals surface area (Å²) in [7, 11) is 0. The standard InChI is InChI=1S/C12H17N5O2/c13-3-1-8-19-11-9-12(18)17(15-10-11)7-6-16-5-2-4-14-16/h2,4-5,9-10H,1,3,6-8,13H2. The zero-order valence-electron chi connectivity index (χ0n) is 10.6. The van der Waals surface area contributed by atoms with Crippen LogP contribution in [-0.2, 0) is 13.1 Å². The Bertz CT molecular complexity index is 549. The molecule has 0 aliphatic heterocycles. The van der Waals surface area contributed by atoms with E-state index in [1.54, 1.807) is 17.1 Å². The molecule has 0 saturated carbocycles. The Morgan fingerprint density at radius 1 is 1.32 bits per heavy atom. The van der Waals surface area contributed by atoms with E-state index >= 15 is 0 Å². The highest BCUT2D eigenvalue weighted by atomic mass is 16.5. The minimum atomic E-state index is -0.183. The van der Waals surface area contributed by atoms with E-state index in [1.807, 2.05) is 12.3 Å². The van der Waals surface area contributed by atoms with Gasteiger partial charge in [-0.25, -0.2) is 4.68 Å². The van der Waals surface area contributed by atoms with Crippen LogP contribution in [0.4, 0.5) is 0 Å². The summed E-state index contributed by atoms with van der Waals surface area (Å²) in [5, 5.41) is 8.13. The van der Waals surface area contributed by atoms with Crippen molar-refractivity contribution in [3.8, 4) is 5.75 Å². The van der Waals surface area contributed by atoms with Crippen molar-refractivity contribution >= 4 is 0 Å². The summed E-state index contributed by atoms with van der Waals surface area (Å²) in [6, 6.07) is 3.27. The highest BCUT2D eigenvalue weighted by molar-refractivity contribution is 5.13. The maximum absolute atomic E-state index is 11.8. The van der Waals surface area contributed by atoms with Gasteiger partial charge in [-0.1, -0.05) is 0 Å². The van der Waals surface area contributed by atoms with Gasteiger partial charge in [-0.15, -0.1) is 0 Å². The fraction of sp³-hybridized carbons (Fsp3) is 0.417. The Hall–Kier alpha value is -2.15. The molecule has 19 heavy (non-hydrogen) atoms. The molecule has 0 aliphatic rings. The van der Waals surface area contributed by atoms with E-state index in [-0.39, 0.29) is 5.56 Å². The molecule has 2 heterocycles. The van der Waals surface area contributed by atoms with Gasteiger partial charge in [0.15, 0.2) is 0 Å². The number of nitrogens with two attached hydrogens (primary N) is 1. The molecule has 7 nitrogen and oxygen atoms in total. The molecular weight excluding hydrogens is 246 g/mol. The zero-order valence-corrected chi connectivity index (χ0v) is 10.6. The second kappa shape index (κ2) is 6.69. The zero-order chi connectivity index (χ0) is 13.5. The van der Waals surface area contributed by atoms with Crippen LogP contribution in [0.25, 0.3) is 0 Å². The summed E-state index contributed by atoms with van der Waals surface area (Å²) in [6.07, 6.45) is 5.84. The number of hydrogen-bond donors (Lipinski definition) is 1. The van der Waals surface area contributed by atoms with Crippen LogP contribution in [0.3, 0.4) is 0 Å².